The largest absolute Gasteiger partial charge is 0.431 e. The predicted molar refractivity (Wildman–Crippen MR) is 47.8 cm³/mol. The van der Waals surface area contributed by atoms with Gasteiger partial charge in [-0.15, -0.1) is 0 Å². The summed E-state index contributed by atoms with van der Waals surface area (Å²) >= 11 is 0. The minimum absolute atomic E-state index is 0.143. The van der Waals surface area contributed by atoms with Gasteiger partial charge in [-0.1, -0.05) is 6.07 Å². The van der Waals surface area contributed by atoms with Crippen molar-refractivity contribution in [2.45, 2.75) is 20.5 Å². The average Bonchev–Trinajstić information content (AvgIpc) is 2.10. The number of aryl methyl sites for hydroxylation is 1. The SMILES string of the molecule is CC(=O)c1c(C)ccc(F)c1OC(F)F. The van der Waals surface area contributed by atoms with Gasteiger partial charge in [-0.05, 0) is 25.5 Å². The van der Waals surface area contributed by atoms with Crippen molar-refractivity contribution in [2.24, 2.45) is 0 Å². The summed E-state index contributed by atoms with van der Waals surface area (Å²) in [6.45, 7) is -0.464. The van der Waals surface area contributed by atoms with Crippen LogP contribution in [-0.4, -0.2) is 12.4 Å². The van der Waals surface area contributed by atoms with Gasteiger partial charge >= 0.3 is 6.61 Å². The van der Waals surface area contributed by atoms with Crippen molar-refractivity contribution in [3.05, 3.63) is 29.1 Å². The lowest BCUT2D eigenvalue weighted by Gasteiger charge is -2.11. The van der Waals surface area contributed by atoms with Crippen LogP contribution in [0.3, 0.4) is 0 Å². The number of carbonyl (C=O) groups is 1. The maximum atomic E-state index is 13.1. The maximum absolute atomic E-state index is 13.1. The highest BCUT2D eigenvalue weighted by atomic mass is 19.3. The number of ether oxygens (including phenoxy) is 1. The number of hydrogen-bond acceptors (Lipinski definition) is 2. The molecule has 0 bridgehead atoms. The Hall–Kier alpha value is -1.52. The number of Topliss-reactive ketones (excluding diaryl/α,β-unsaturated/α-hetero) is 1. The van der Waals surface area contributed by atoms with E-state index in [1.807, 2.05) is 0 Å². The maximum Gasteiger partial charge on any atom is 0.387 e. The van der Waals surface area contributed by atoms with Crippen LogP contribution in [0.25, 0.3) is 0 Å². The summed E-state index contributed by atoms with van der Waals surface area (Å²) in [5.41, 5.74) is 0.259. The summed E-state index contributed by atoms with van der Waals surface area (Å²) in [7, 11) is 0. The Morgan fingerprint density at radius 2 is 2.00 bits per heavy atom. The summed E-state index contributed by atoms with van der Waals surface area (Å²) in [5, 5.41) is 0. The van der Waals surface area contributed by atoms with E-state index in [-0.39, 0.29) is 5.56 Å². The molecular weight excluding hydrogens is 209 g/mol. The first-order valence-electron chi connectivity index (χ1n) is 4.18. The van der Waals surface area contributed by atoms with Crippen LogP contribution < -0.4 is 4.74 Å². The molecule has 5 heteroatoms. The second-order valence-electron chi connectivity index (χ2n) is 3.00. The Bertz CT molecular complexity index is 388. The molecule has 82 valence electrons. The third kappa shape index (κ3) is 2.49. The smallest absolute Gasteiger partial charge is 0.387 e. The second-order valence-corrected chi connectivity index (χ2v) is 3.00. The van der Waals surface area contributed by atoms with Crippen LogP contribution in [0.1, 0.15) is 22.8 Å². The predicted octanol–water partition coefficient (Wildman–Crippen LogP) is 2.94. The van der Waals surface area contributed by atoms with E-state index in [1.165, 1.54) is 19.9 Å². The van der Waals surface area contributed by atoms with Gasteiger partial charge in [-0.3, -0.25) is 4.79 Å². The first-order valence-corrected chi connectivity index (χ1v) is 4.18. The summed E-state index contributed by atoms with van der Waals surface area (Å²) in [4.78, 5) is 11.1. The molecule has 0 unspecified atom stereocenters. The molecule has 0 fully saturated rings. The monoisotopic (exact) mass is 218 g/mol. The van der Waals surface area contributed by atoms with Crippen LogP contribution in [0.5, 0.6) is 5.75 Å². The van der Waals surface area contributed by atoms with E-state index in [4.69, 9.17) is 0 Å². The van der Waals surface area contributed by atoms with Crippen molar-refractivity contribution < 1.29 is 22.7 Å². The van der Waals surface area contributed by atoms with E-state index in [2.05, 4.69) is 4.74 Å². The Morgan fingerprint density at radius 1 is 1.40 bits per heavy atom. The first kappa shape index (κ1) is 11.6. The van der Waals surface area contributed by atoms with Crippen molar-refractivity contribution >= 4 is 5.78 Å². The number of carbonyl (C=O) groups excluding carboxylic acids is 1. The lowest BCUT2D eigenvalue weighted by molar-refractivity contribution is -0.0525. The van der Waals surface area contributed by atoms with E-state index >= 15 is 0 Å². The molecule has 0 saturated carbocycles. The molecule has 0 aliphatic rings. The van der Waals surface area contributed by atoms with Gasteiger partial charge < -0.3 is 4.74 Å². The Labute approximate surface area is 84.7 Å². The zero-order valence-corrected chi connectivity index (χ0v) is 8.18. The molecule has 0 saturated heterocycles. The van der Waals surface area contributed by atoms with Gasteiger partial charge in [0.15, 0.2) is 17.3 Å². The van der Waals surface area contributed by atoms with Crippen LogP contribution in [0, 0.1) is 12.7 Å². The van der Waals surface area contributed by atoms with Gasteiger partial charge in [0.05, 0.1) is 5.56 Å². The highest BCUT2D eigenvalue weighted by Gasteiger charge is 2.19. The van der Waals surface area contributed by atoms with Gasteiger partial charge in [0.2, 0.25) is 0 Å². The minimum Gasteiger partial charge on any atom is -0.431 e. The van der Waals surface area contributed by atoms with Crippen LogP contribution >= 0.6 is 0 Å². The molecule has 1 aromatic rings. The molecule has 0 aliphatic heterocycles. The lowest BCUT2D eigenvalue weighted by Crippen LogP contribution is -2.09. The van der Waals surface area contributed by atoms with Crippen molar-refractivity contribution in [3.8, 4) is 5.75 Å². The molecule has 0 amide bonds. The molecule has 0 N–H and O–H groups in total. The third-order valence-corrected chi connectivity index (χ3v) is 1.88. The zero-order chi connectivity index (χ0) is 11.6. The molecule has 0 radical (unpaired) electrons. The van der Waals surface area contributed by atoms with Gasteiger partial charge in [-0.2, -0.15) is 8.78 Å². The Balaban J connectivity index is 3.31. The first-order chi connectivity index (χ1) is 6.93. The number of rotatable bonds is 3. The van der Waals surface area contributed by atoms with E-state index in [0.29, 0.717) is 5.56 Å². The number of halogens is 3. The Morgan fingerprint density at radius 3 is 2.47 bits per heavy atom. The normalized spacial score (nSPS) is 10.5. The molecule has 15 heavy (non-hydrogen) atoms. The second kappa shape index (κ2) is 4.33. The fourth-order valence-electron chi connectivity index (χ4n) is 1.30. The van der Waals surface area contributed by atoms with Crippen molar-refractivity contribution in [1.82, 2.24) is 0 Å². The van der Waals surface area contributed by atoms with Crippen molar-refractivity contribution in [1.29, 1.82) is 0 Å². The number of ketones is 1. The highest BCUT2D eigenvalue weighted by molar-refractivity contribution is 5.98. The van der Waals surface area contributed by atoms with E-state index in [0.717, 1.165) is 6.07 Å². The molecule has 0 atom stereocenters. The van der Waals surface area contributed by atoms with Crippen LogP contribution in [-0.2, 0) is 0 Å². The third-order valence-electron chi connectivity index (χ3n) is 1.88. The van der Waals surface area contributed by atoms with E-state index < -0.39 is 24.0 Å². The molecule has 0 aromatic heterocycles. The summed E-state index contributed by atoms with van der Waals surface area (Å²) < 4.78 is 41.1. The zero-order valence-electron chi connectivity index (χ0n) is 8.18. The topological polar surface area (TPSA) is 26.3 Å². The molecule has 0 heterocycles. The summed E-state index contributed by atoms with van der Waals surface area (Å²) in [5.74, 6) is -2.16. The summed E-state index contributed by atoms with van der Waals surface area (Å²) in [6, 6.07) is 2.32. The molecule has 2 nitrogen and oxygen atoms in total. The highest BCUT2D eigenvalue weighted by Crippen LogP contribution is 2.27. The van der Waals surface area contributed by atoms with E-state index in [1.54, 1.807) is 0 Å². The minimum atomic E-state index is -3.15. The van der Waals surface area contributed by atoms with Gasteiger partial charge in [0, 0.05) is 0 Å². The molecule has 1 aromatic carbocycles. The van der Waals surface area contributed by atoms with Crippen LogP contribution in [0.2, 0.25) is 0 Å². The fraction of sp³-hybridized carbons (Fsp3) is 0.300. The Kier molecular flexibility index (Phi) is 3.34. The summed E-state index contributed by atoms with van der Waals surface area (Å²) in [6.07, 6.45) is 0. The van der Waals surface area contributed by atoms with Gasteiger partial charge in [0.1, 0.15) is 0 Å². The average molecular weight is 218 g/mol. The van der Waals surface area contributed by atoms with Gasteiger partial charge in [0.25, 0.3) is 0 Å². The molecule has 0 spiro atoms. The van der Waals surface area contributed by atoms with Crippen molar-refractivity contribution in [3.63, 3.8) is 0 Å². The molecular formula is C10H9F3O2. The quantitative estimate of drug-likeness (QED) is 0.729. The van der Waals surface area contributed by atoms with E-state index in [9.17, 15) is 18.0 Å². The number of hydrogen-bond donors (Lipinski definition) is 0. The van der Waals surface area contributed by atoms with Crippen LogP contribution in [0.4, 0.5) is 13.2 Å². The number of alkyl halides is 2. The standard InChI is InChI=1S/C10H9F3O2/c1-5-3-4-7(11)9(15-10(12)13)8(5)6(2)14/h3-4,10H,1-2H3. The molecule has 0 aliphatic carbocycles. The lowest BCUT2D eigenvalue weighted by atomic mass is 10.0. The molecule has 1 rings (SSSR count). The van der Waals surface area contributed by atoms with Gasteiger partial charge in [-0.25, -0.2) is 4.39 Å². The van der Waals surface area contributed by atoms with Crippen LogP contribution in [0.15, 0.2) is 12.1 Å². The fourth-order valence-corrected chi connectivity index (χ4v) is 1.30. The number of benzene rings is 1. The van der Waals surface area contributed by atoms with Crippen molar-refractivity contribution in [2.75, 3.05) is 0 Å².